The summed E-state index contributed by atoms with van der Waals surface area (Å²) in [7, 11) is 0. The Balaban J connectivity index is 0.000000337. The Kier molecular flexibility index (Phi) is 12.5. The van der Waals surface area contributed by atoms with E-state index in [9.17, 15) is 50.6 Å². The number of likely N-dealkylation sites (tertiary alicyclic amines) is 1. The molecular formula is C32H33Cl2F6N5O5. The zero-order chi connectivity index (χ0) is 36.9. The van der Waals surface area contributed by atoms with Crippen LogP contribution in [0.1, 0.15) is 49.7 Å². The van der Waals surface area contributed by atoms with Crippen molar-refractivity contribution in [3.8, 4) is 0 Å². The maximum Gasteiger partial charge on any atom is 0.417 e. The molecule has 2 saturated heterocycles. The Bertz CT molecular complexity index is 1630. The van der Waals surface area contributed by atoms with Crippen LogP contribution in [0.25, 0.3) is 0 Å². The summed E-state index contributed by atoms with van der Waals surface area (Å²) >= 11 is 11.1. The number of alkyl halides is 6. The number of isocyanates is 1. The number of amides is 4. The summed E-state index contributed by atoms with van der Waals surface area (Å²) in [6, 6.07) is 5.20. The van der Waals surface area contributed by atoms with Gasteiger partial charge in [0.2, 0.25) is 17.9 Å². The Labute approximate surface area is 293 Å². The molecule has 1 spiro atoms. The molecule has 1 saturated carbocycles. The number of rotatable bonds is 6. The second-order valence-corrected chi connectivity index (χ2v) is 13.0. The van der Waals surface area contributed by atoms with Crippen LogP contribution in [0.3, 0.4) is 0 Å². The number of aliphatic hydroxyl groups excluding tert-OH is 1. The molecular weight excluding hydrogens is 719 g/mol. The average Bonchev–Trinajstić information content (AvgIpc) is 3.83. The predicted molar refractivity (Wildman–Crippen MR) is 171 cm³/mol. The average molecular weight is 753 g/mol. The molecule has 4 amide bonds. The fourth-order valence-electron chi connectivity index (χ4n) is 5.76. The van der Waals surface area contributed by atoms with Gasteiger partial charge in [-0.05, 0) is 67.5 Å². The van der Waals surface area contributed by atoms with Gasteiger partial charge in [0.05, 0.1) is 33.0 Å². The summed E-state index contributed by atoms with van der Waals surface area (Å²) in [4.78, 5) is 55.4. The SMILES string of the molecule is O=C1CCN(C(=O)Nc2ccc(C(F)(F)F)c(Cl)c2)CCN1CCCC(=O)N1CCC2(CC2)[C@H](O)C1.O=C=Nc1ccc(C(F)(F)F)c(Cl)c1. The molecule has 0 bridgehead atoms. The molecule has 272 valence electrons. The standard InChI is InChI=1S/C24H30ClF3N4O4.C8H3ClF3NO/c25-18-14-16(3-4-17(18)24(26,27)28)29-22(36)31-10-5-21(35)30(12-13-31)9-1-2-20(34)32-11-8-23(6-7-23)19(33)15-32;9-7-3-5(13-4-14)1-2-6(7)8(10,11)12/h3-4,14,19,33H,1-2,5-13,15H2,(H,29,36);1-3H/t19-;/m1./s1. The van der Waals surface area contributed by atoms with Crippen LogP contribution in [0.2, 0.25) is 10.0 Å². The molecule has 2 aromatic rings. The molecule has 2 heterocycles. The Morgan fingerprint density at radius 3 is 2.12 bits per heavy atom. The number of nitrogens with zero attached hydrogens (tertiary/aromatic N) is 4. The fraction of sp³-hybridized carbons (Fsp3) is 0.500. The van der Waals surface area contributed by atoms with Gasteiger partial charge in [-0.2, -0.15) is 31.3 Å². The second-order valence-electron chi connectivity index (χ2n) is 12.2. The number of carbonyl (C=O) groups is 3. The highest BCUT2D eigenvalue weighted by Gasteiger charge is 2.51. The third-order valence-electron chi connectivity index (χ3n) is 8.88. The molecule has 0 radical (unpaired) electrons. The van der Waals surface area contributed by atoms with Crippen LogP contribution in [0.5, 0.6) is 0 Å². The third-order valence-corrected chi connectivity index (χ3v) is 9.50. The minimum atomic E-state index is -4.59. The van der Waals surface area contributed by atoms with Gasteiger partial charge in [-0.15, -0.1) is 0 Å². The van der Waals surface area contributed by atoms with E-state index >= 15 is 0 Å². The molecule has 3 aliphatic rings. The number of nitrogens with one attached hydrogen (secondary N) is 1. The molecule has 50 heavy (non-hydrogen) atoms. The van der Waals surface area contributed by atoms with Crippen LogP contribution in [-0.4, -0.2) is 89.1 Å². The van der Waals surface area contributed by atoms with Gasteiger partial charge in [-0.25, -0.2) is 9.59 Å². The number of carbonyl (C=O) groups excluding carboxylic acids is 4. The quantitative estimate of drug-likeness (QED) is 0.189. The Morgan fingerprint density at radius 2 is 1.56 bits per heavy atom. The zero-order valence-electron chi connectivity index (χ0n) is 26.4. The van der Waals surface area contributed by atoms with Gasteiger partial charge < -0.3 is 25.1 Å². The number of anilines is 1. The first-order valence-corrected chi connectivity index (χ1v) is 16.3. The van der Waals surface area contributed by atoms with Gasteiger partial charge in [0.15, 0.2) is 0 Å². The van der Waals surface area contributed by atoms with E-state index in [4.69, 9.17) is 23.2 Å². The largest absolute Gasteiger partial charge is 0.417 e. The smallest absolute Gasteiger partial charge is 0.391 e. The number of benzene rings is 2. The number of urea groups is 1. The normalized spacial score (nSPS) is 18.9. The lowest BCUT2D eigenvalue weighted by atomic mass is 9.90. The van der Waals surface area contributed by atoms with E-state index in [1.54, 1.807) is 9.80 Å². The molecule has 1 atom stereocenters. The summed E-state index contributed by atoms with van der Waals surface area (Å²) in [6.45, 7) is 2.12. The summed E-state index contributed by atoms with van der Waals surface area (Å²) in [5.41, 5.74) is -1.74. The van der Waals surface area contributed by atoms with Gasteiger partial charge >= 0.3 is 18.4 Å². The van der Waals surface area contributed by atoms with Gasteiger partial charge in [-0.1, -0.05) is 23.2 Å². The van der Waals surface area contributed by atoms with Crippen LogP contribution in [0.15, 0.2) is 41.4 Å². The highest BCUT2D eigenvalue weighted by molar-refractivity contribution is 6.32. The number of aliphatic hydroxyl groups is 1. The van der Waals surface area contributed by atoms with Crippen LogP contribution in [-0.2, 0) is 26.7 Å². The molecule has 2 aliphatic heterocycles. The number of β-amino-alcohol motifs (C(OH)–C–C–N with tert-alkyl or cyclic N) is 1. The molecule has 18 heteroatoms. The van der Waals surface area contributed by atoms with Crippen molar-refractivity contribution in [2.75, 3.05) is 44.6 Å². The second kappa shape index (κ2) is 16.0. The van der Waals surface area contributed by atoms with Crippen LogP contribution in [0, 0.1) is 5.41 Å². The first kappa shape index (κ1) is 38.9. The minimum absolute atomic E-state index is 0.0250. The lowest BCUT2D eigenvalue weighted by Crippen LogP contribution is -2.47. The van der Waals surface area contributed by atoms with Crippen LogP contribution >= 0.6 is 23.2 Å². The molecule has 0 unspecified atom stereocenters. The maximum absolute atomic E-state index is 12.9. The van der Waals surface area contributed by atoms with Crippen molar-refractivity contribution < 1.29 is 50.6 Å². The summed E-state index contributed by atoms with van der Waals surface area (Å²) in [5, 5.41) is 11.8. The zero-order valence-corrected chi connectivity index (χ0v) is 27.9. The third kappa shape index (κ3) is 10.1. The highest BCUT2D eigenvalue weighted by Crippen LogP contribution is 2.53. The first-order valence-electron chi connectivity index (χ1n) is 15.5. The monoisotopic (exact) mass is 751 g/mol. The van der Waals surface area contributed by atoms with E-state index in [-0.39, 0.29) is 54.5 Å². The van der Waals surface area contributed by atoms with Crippen molar-refractivity contribution in [1.82, 2.24) is 14.7 Å². The topological polar surface area (TPSA) is 123 Å². The number of halogens is 8. The summed E-state index contributed by atoms with van der Waals surface area (Å²) in [6.07, 6.45) is -4.58. The number of hydrogen-bond acceptors (Lipinski definition) is 6. The molecule has 2 N–H and O–H groups in total. The van der Waals surface area contributed by atoms with Crippen LogP contribution < -0.4 is 5.32 Å². The fourth-order valence-corrected chi connectivity index (χ4v) is 6.32. The van der Waals surface area contributed by atoms with Crippen molar-refractivity contribution >= 4 is 58.5 Å². The minimum Gasteiger partial charge on any atom is -0.391 e. The lowest BCUT2D eigenvalue weighted by molar-refractivity contribution is -0.138. The van der Waals surface area contributed by atoms with Gasteiger partial charge in [0, 0.05) is 57.8 Å². The number of piperidine rings is 1. The van der Waals surface area contributed by atoms with E-state index in [2.05, 4.69) is 10.3 Å². The molecule has 2 aromatic carbocycles. The van der Waals surface area contributed by atoms with Gasteiger partial charge in [0.25, 0.3) is 0 Å². The Hall–Kier alpha value is -3.85. The van der Waals surface area contributed by atoms with E-state index in [1.807, 2.05) is 0 Å². The van der Waals surface area contributed by atoms with Crippen molar-refractivity contribution in [3.63, 3.8) is 0 Å². The van der Waals surface area contributed by atoms with Crippen molar-refractivity contribution in [1.29, 1.82) is 0 Å². The Morgan fingerprint density at radius 1 is 0.920 bits per heavy atom. The summed E-state index contributed by atoms with van der Waals surface area (Å²) in [5.74, 6) is -0.151. The van der Waals surface area contributed by atoms with Crippen molar-refractivity contribution in [3.05, 3.63) is 57.6 Å². The van der Waals surface area contributed by atoms with Gasteiger partial charge in [0.1, 0.15) is 0 Å². The van der Waals surface area contributed by atoms with Gasteiger partial charge in [-0.3, -0.25) is 9.59 Å². The van der Waals surface area contributed by atoms with E-state index in [0.717, 1.165) is 55.7 Å². The first-order chi connectivity index (χ1) is 23.4. The highest BCUT2D eigenvalue weighted by atomic mass is 35.5. The van der Waals surface area contributed by atoms with Crippen molar-refractivity contribution in [2.24, 2.45) is 10.4 Å². The van der Waals surface area contributed by atoms with E-state index < -0.39 is 45.7 Å². The van der Waals surface area contributed by atoms with Crippen LogP contribution in [0.4, 0.5) is 42.5 Å². The predicted octanol–water partition coefficient (Wildman–Crippen LogP) is 6.90. The molecule has 10 nitrogen and oxygen atoms in total. The van der Waals surface area contributed by atoms with E-state index in [1.165, 1.54) is 11.0 Å². The maximum atomic E-state index is 12.9. The van der Waals surface area contributed by atoms with E-state index in [0.29, 0.717) is 32.6 Å². The summed E-state index contributed by atoms with van der Waals surface area (Å²) < 4.78 is 75.2. The lowest BCUT2D eigenvalue weighted by Gasteiger charge is -2.36. The molecule has 1 aliphatic carbocycles. The molecule has 5 rings (SSSR count). The van der Waals surface area contributed by atoms with Crippen molar-refractivity contribution in [2.45, 2.75) is 57.0 Å². The number of aliphatic imine (C=N–C) groups is 1. The molecule has 3 fully saturated rings. The number of hydrogen-bond donors (Lipinski definition) is 2. The molecule has 0 aromatic heterocycles.